The molecule has 0 radical (unpaired) electrons. The van der Waals surface area contributed by atoms with Crippen molar-refractivity contribution in [2.24, 2.45) is 0 Å². The van der Waals surface area contributed by atoms with Crippen molar-refractivity contribution in [3.8, 4) is 16.9 Å². The first kappa shape index (κ1) is 17.6. The average molecular weight is 351 g/mol. The maximum atomic E-state index is 13.3. The number of halogens is 1. The van der Waals surface area contributed by atoms with Gasteiger partial charge < -0.3 is 9.67 Å². The van der Waals surface area contributed by atoms with Crippen LogP contribution in [0.5, 0.6) is 0 Å². The molecule has 1 aromatic heterocycles. The fourth-order valence-corrected chi connectivity index (χ4v) is 2.91. The highest BCUT2D eigenvalue weighted by Gasteiger charge is 2.13. The SMILES string of the molecule is CC(=O)c1ccc(-n2c(CCC(=O)O)ccc2-c2ccc(F)cc2)cc1. The van der Waals surface area contributed by atoms with Gasteiger partial charge in [-0.05, 0) is 79.6 Å². The molecule has 0 unspecified atom stereocenters. The standard InChI is InChI=1S/C21H18FNO3/c1-14(24)15-4-8-18(9-5-15)23-19(11-13-21(25)26)10-12-20(23)16-2-6-17(22)7-3-16/h2-10,12H,11,13H2,1H3,(H,25,26). The Kier molecular flexibility index (Phi) is 4.98. The van der Waals surface area contributed by atoms with Crippen LogP contribution in [0.2, 0.25) is 0 Å². The van der Waals surface area contributed by atoms with Crippen molar-refractivity contribution in [2.45, 2.75) is 19.8 Å². The highest BCUT2D eigenvalue weighted by Crippen LogP contribution is 2.28. The van der Waals surface area contributed by atoms with E-state index in [-0.39, 0.29) is 18.0 Å². The molecule has 0 bridgehead atoms. The lowest BCUT2D eigenvalue weighted by Gasteiger charge is -2.14. The van der Waals surface area contributed by atoms with Crippen molar-refractivity contribution >= 4 is 11.8 Å². The van der Waals surface area contributed by atoms with Crippen molar-refractivity contribution in [1.82, 2.24) is 4.57 Å². The van der Waals surface area contributed by atoms with Gasteiger partial charge in [-0.15, -0.1) is 0 Å². The number of nitrogens with zero attached hydrogens (tertiary/aromatic N) is 1. The highest BCUT2D eigenvalue weighted by atomic mass is 19.1. The van der Waals surface area contributed by atoms with Crippen LogP contribution in [-0.2, 0) is 11.2 Å². The van der Waals surface area contributed by atoms with Crippen LogP contribution in [0.3, 0.4) is 0 Å². The number of carboxylic acid groups (broad SMARTS) is 1. The second-order valence-electron chi connectivity index (χ2n) is 6.05. The average Bonchev–Trinajstić information content (AvgIpc) is 3.04. The molecule has 3 aromatic rings. The number of hydrogen-bond donors (Lipinski definition) is 1. The molecule has 0 saturated carbocycles. The monoisotopic (exact) mass is 351 g/mol. The molecule has 3 rings (SSSR count). The van der Waals surface area contributed by atoms with Crippen LogP contribution in [0, 0.1) is 5.82 Å². The van der Waals surface area contributed by atoms with Gasteiger partial charge in [0.2, 0.25) is 0 Å². The van der Waals surface area contributed by atoms with Crippen LogP contribution in [0.4, 0.5) is 4.39 Å². The molecule has 2 aromatic carbocycles. The summed E-state index contributed by atoms with van der Waals surface area (Å²) in [5.74, 6) is -1.20. The number of carboxylic acids is 1. The predicted octanol–water partition coefficient (Wildman–Crippen LogP) is 4.50. The van der Waals surface area contributed by atoms with Gasteiger partial charge in [-0.3, -0.25) is 9.59 Å². The van der Waals surface area contributed by atoms with E-state index in [1.54, 1.807) is 24.3 Å². The number of benzene rings is 2. The summed E-state index contributed by atoms with van der Waals surface area (Å²) in [6.07, 6.45) is 0.378. The number of aryl methyl sites for hydroxylation is 1. The molecular weight excluding hydrogens is 333 g/mol. The van der Waals surface area contributed by atoms with Gasteiger partial charge in [-0.1, -0.05) is 0 Å². The molecule has 0 aliphatic rings. The Morgan fingerprint density at radius 3 is 2.19 bits per heavy atom. The summed E-state index contributed by atoms with van der Waals surface area (Å²) in [7, 11) is 0. The molecule has 0 fully saturated rings. The summed E-state index contributed by atoms with van der Waals surface area (Å²) in [4.78, 5) is 22.5. The van der Waals surface area contributed by atoms with E-state index in [4.69, 9.17) is 5.11 Å². The lowest BCUT2D eigenvalue weighted by atomic mass is 10.1. The number of aliphatic carboxylic acids is 1. The third-order valence-electron chi connectivity index (χ3n) is 4.23. The topological polar surface area (TPSA) is 59.3 Å². The third-order valence-corrected chi connectivity index (χ3v) is 4.23. The van der Waals surface area contributed by atoms with Gasteiger partial charge in [0.05, 0.1) is 12.1 Å². The second-order valence-corrected chi connectivity index (χ2v) is 6.05. The van der Waals surface area contributed by atoms with Crippen molar-refractivity contribution in [3.05, 3.63) is 77.7 Å². The summed E-state index contributed by atoms with van der Waals surface area (Å²) in [5.41, 5.74) is 3.92. The minimum Gasteiger partial charge on any atom is -0.481 e. The molecule has 26 heavy (non-hydrogen) atoms. The lowest BCUT2D eigenvalue weighted by Crippen LogP contribution is -2.05. The van der Waals surface area contributed by atoms with Gasteiger partial charge in [0.1, 0.15) is 5.82 Å². The maximum absolute atomic E-state index is 13.3. The molecule has 0 amide bonds. The van der Waals surface area contributed by atoms with Crippen LogP contribution in [-0.4, -0.2) is 21.4 Å². The molecule has 1 heterocycles. The maximum Gasteiger partial charge on any atom is 0.303 e. The zero-order valence-corrected chi connectivity index (χ0v) is 14.3. The van der Waals surface area contributed by atoms with Gasteiger partial charge in [0.15, 0.2) is 5.78 Å². The smallest absolute Gasteiger partial charge is 0.303 e. The number of ketones is 1. The van der Waals surface area contributed by atoms with E-state index >= 15 is 0 Å². The zero-order chi connectivity index (χ0) is 18.7. The summed E-state index contributed by atoms with van der Waals surface area (Å²) in [6, 6.07) is 17.1. The number of Topliss-reactive ketones (excluding diaryl/α,β-unsaturated/α-hetero) is 1. The van der Waals surface area contributed by atoms with Crippen molar-refractivity contribution in [2.75, 3.05) is 0 Å². The minimum atomic E-state index is -0.868. The van der Waals surface area contributed by atoms with Crippen LogP contribution >= 0.6 is 0 Å². The normalized spacial score (nSPS) is 10.7. The Morgan fingerprint density at radius 2 is 1.62 bits per heavy atom. The Bertz CT molecular complexity index is 940. The molecule has 0 aliphatic carbocycles. The zero-order valence-electron chi connectivity index (χ0n) is 14.3. The Morgan fingerprint density at radius 1 is 0.962 bits per heavy atom. The molecule has 1 N–H and O–H groups in total. The molecular formula is C21H18FNO3. The quantitative estimate of drug-likeness (QED) is 0.665. The van der Waals surface area contributed by atoms with Gasteiger partial charge in [0.25, 0.3) is 0 Å². The Balaban J connectivity index is 2.09. The predicted molar refractivity (Wildman–Crippen MR) is 97.1 cm³/mol. The first-order valence-corrected chi connectivity index (χ1v) is 8.25. The lowest BCUT2D eigenvalue weighted by molar-refractivity contribution is -0.136. The summed E-state index contributed by atoms with van der Waals surface area (Å²) in [5, 5.41) is 9.00. The molecule has 4 nitrogen and oxygen atoms in total. The van der Waals surface area contributed by atoms with E-state index in [0.717, 1.165) is 22.6 Å². The van der Waals surface area contributed by atoms with Crippen molar-refractivity contribution < 1.29 is 19.1 Å². The number of rotatable bonds is 6. The molecule has 132 valence electrons. The summed E-state index contributed by atoms with van der Waals surface area (Å²) >= 11 is 0. The number of hydrogen-bond acceptors (Lipinski definition) is 2. The van der Waals surface area contributed by atoms with Crippen molar-refractivity contribution in [1.29, 1.82) is 0 Å². The third kappa shape index (κ3) is 3.72. The fraction of sp³-hybridized carbons (Fsp3) is 0.143. The summed E-state index contributed by atoms with van der Waals surface area (Å²) in [6.45, 7) is 1.51. The second kappa shape index (κ2) is 7.35. The van der Waals surface area contributed by atoms with Gasteiger partial charge in [-0.2, -0.15) is 0 Å². The van der Waals surface area contributed by atoms with E-state index in [9.17, 15) is 14.0 Å². The molecule has 0 atom stereocenters. The Labute approximate surface area is 150 Å². The van der Waals surface area contributed by atoms with E-state index < -0.39 is 5.97 Å². The molecule has 0 saturated heterocycles. The Hall–Kier alpha value is -3.21. The first-order valence-electron chi connectivity index (χ1n) is 8.25. The number of carbonyl (C=O) groups is 2. The largest absolute Gasteiger partial charge is 0.481 e. The molecule has 0 spiro atoms. The highest BCUT2D eigenvalue weighted by molar-refractivity contribution is 5.94. The van der Waals surface area contributed by atoms with E-state index in [1.165, 1.54) is 19.1 Å². The van der Waals surface area contributed by atoms with E-state index in [0.29, 0.717) is 12.0 Å². The summed E-state index contributed by atoms with van der Waals surface area (Å²) < 4.78 is 15.2. The van der Waals surface area contributed by atoms with E-state index in [1.807, 2.05) is 28.8 Å². The minimum absolute atomic E-state index is 0.0123. The number of carbonyl (C=O) groups excluding carboxylic acids is 1. The van der Waals surface area contributed by atoms with Gasteiger partial charge in [0, 0.05) is 16.9 Å². The van der Waals surface area contributed by atoms with Gasteiger partial charge in [-0.25, -0.2) is 4.39 Å². The molecule has 5 heteroatoms. The van der Waals surface area contributed by atoms with Crippen LogP contribution in [0.25, 0.3) is 16.9 Å². The van der Waals surface area contributed by atoms with Crippen LogP contribution in [0.15, 0.2) is 60.7 Å². The van der Waals surface area contributed by atoms with Gasteiger partial charge >= 0.3 is 5.97 Å². The first-order chi connectivity index (χ1) is 12.5. The molecule has 0 aliphatic heterocycles. The van der Waals surface area contributed by atoms with Crippen LogP contribution in [0.1, 0.15) is 29.4 Å². The fourth-order valence-electron chi connectivity index (χ4n) is 2.91. The van der Waals surface area contributed by atoms with Crippen LogP contribution < -0.4 is 0 Å². The number of aromatic nitrogens is 1. The van der Waals surface area contributed by atoms with E-state index in [2.05, 4.69) is 0 Å². The van der Waals surface area contributed by atoms with Crippen molar-refractivity contribution in [3.63, 3.8) is 0 Å².